The first-order valence-corrected chi connectivity index (χ1v) is 7.21. The van der Waals surface area contributed by atoms with E-state index in [4.69, 9.17) is 5.11 Å². The number of thiophene rings is 1. The Kier molecular flexibility index (Phi) is 4.37. The predicted molar refractivity (Wildman–Crippen MR) is 78.5 cm³/mol. The van der Waals surface area contributed by atoms with Gasteiger partial charge in [0, 0.05) is 4.88 Å². The number of carboxylic acids is 1. The van der Waals surface area contributed by atoms with Crippen molar-refractivity contribution in [3.8, 4) is 0 Å². The Morgan fingerprint density at radius 2 is 2.24 bits per heavy atom. The van der Waals surface area contributed by atoms with E-state index in [1.165, 1.54) is 22.2 Å². The first-order valence-electron chi connectivity index (χ1n) is 6.40. The van der Waals surface area contributed by atoms with Crippen LogP contribution >= 0.6 is 11.3 Å². The second kappa shape index (κ2) is 6.04. The van der Waals surface area contributed by atoms with E-state index in [1.807, 2.05) is 6.92 Å². The highest BCUT2D eigenvalue weighted by molar-refractivity contribution is 7.18. The monoisotopic (exact) mass is 309 g/mol. The second-order valence-electron chi connectivity index (χ2n) is 4.62. The van der Waals surface area contributed by atoms with Crippen LogP contribution in [0.2, 0.25) is 0 Å². The van der Waals surface area contributed by atoms with Crippen LogP contribution < -0.4 is 10.9 Å². The molecule has 0 saturated heterocycles. The molecule has 112 valence electrons. The van der Waals surface area contributed by atoms with Gasteiger partial charge in [0.2, 0.25) is 5.91 Å². The van der Waals surface area contributed by atoms with Crippen LogP contribution in [0.15, 0.2) is 17.2 Å². The maximum Gasteiger partial charge on any atom is 0.326 e. The summed E-state index contributed by atoms with van der Waals surface area (Å²) in [5.41, 5.74) is -0.303. The molecule has 2 heterocycles. The summed E-state index contributed by atoms with van der Waals surface area (Å²) in [6, 6.07) is 0.781. The average molecular weight is 309 g/mol. The molecule has 0 aliphatic carbocycles. The lowest BCUT2D eigenvalue weighted by molar-refractivity contribution is -0.142. The molecule has 2 rings (SSSR count). The van der Waals surface area contributed by atoms with Crippen LogP contribution in [0, 0.1) is 6.92 Å². The molecule has 0 aliphatic heterocycles. The number of carbonyl (C=O) groups is 2. The summed E-state index contributed by atoms with van der Waals surface area (Å²) in [6.45, 7) is 3.29. The van der Waals surface area contributed by atoms with Gasteiger partial charge in [0.05, 0.1) is 11.7 Å². The Balaban J connectivity index is 2.20. The third kappa shape index (κ3) is 3.27. The lowest BCUT2D eigenvalue weighted by Gasteiger charge is -2.12. The lowest BCUT2D eigenvalue weighted by Crippen LogP contribution is -2.42. The fourth-order valence-corrected chi connectivity index (χ4v) is 2.76. The van der Waals surface area contributed by atoms with Crippen molar-refractivity contribution in [1.29, 1.82) is 0 Å². The minimum atomic E-state index is -1.10. The standard InChI is InChI=1S/C13H15N3O4S/c1-3-9(13(19)20)15-10(17)5-16-6-14-11-8(12(16)18)4-7(2)21-11/h4,6,9H,3,5H2,1-2H3,(H,15,17)(H,19,20). The molecular formula is C13H15N3O4S. The minimum absolute atomic E-state index is 0.250. The number of carbonyl (C=O) groups excluding carboxylic acids is 1. The van der Waals surface area contributed by atoms with Gasteiger partial charge in [-0.3, -0.25) is 14.2 Å². The van der Waals surface area contributed by atoms with Crippen molar-refractivity contribution in [3.63, 3.8) is 0 Å². The molecule has 8 heteroatoms. The van der Waals surface area contributed by atoms with E-state index in [1.54, 1.807) is 13.0 Å². The fraction of sp³-hybridized carbons (Fsp3) is 0.385. The van der Waals surface area contributed by atoms with Gasteiger partial charge in [-0.25, -0.2) is 9.78 Å². The zero-order chi connectivity index (χ0) is 15.6. The highest BCUT2D eigenvalue weighted by atomic mass is 32.1. The van der Waals surface area contributed by atoms with E-state index in [0.717, 1.165) is 4.88 Å². The van der Waals surface area contributed by atoms with Crippen molar-refractivity contribution in [2.24, 2.45) is 0 Å². The van der Waals surface area contributed by atoms with E-state index in [-0.39, 0.29) is 18.5 Å². The van der Waals surface area contributed by atoms with Crippen molar-refractivity contribution < 1.29 is 14.7 Å². The van der Waals surface area contributed by atoms with Crippen LogP contribution in [0.3, 0.4) is 0 Å². The number of nitrogens with one attached hydrogen (secondary N) is 1. The van der Waals surface area contributed by atoms with Crippen molar-refractivity contribution in [3.05, 3.63) is 27.6 Å². The number of nitrogens with zero attached hydrogens (tertiary/aromatic N) is 2. The molecule has 1 atom stereocenters. The number of hydrogen-bond donors (Lipinski definition) is 2. The van der Waals surface area contributed by atoms with E-state index < -0.39 is 17.9 Å². The first kappa shape index (κ1) is 15.2. The van der Waals surface area contributed by atoms with Gasteiger partial charge < -0.3 is 10.4 Å². The minimum Gasteiger partial charge on any atom is -0.480 e. The van der Waals surface area contributed by atoms with E-state index in [2.05, 4.69) is 10.3 Å². The quantitative estimate of drug-likeness (QED) is 0.848. The van der Waals surface area contributed by atoms with Gasteiger partial charge in [0.25, 0.3) is 5.56 Å². The molecule has 1 unspecified atom stereocenters. The van der Waals surface area contributed by atoms with E-state index in [0.29, 0.717) is 10.2 Å². The smallest absolute Gasteiger partial charge is 0.326 e. The Hall–Kier alpha value is -2.22. The molecule has 2 aromatic rings. The summed E-state index contributed by atoms with van der Waals surface area (Å²) in [7, 11) is 0. The molecule has 21 heavy (non-hydrogen) atoms. The van der Waals surface area contributed by atoms with Gasteiger partial charge >= 0.3 is 5.97 Å². The molecule has 2 N–H and O–H groups in total. The van der Waals surface area contributed by atoms with Crippen LogP contribution in [-0.2, 0) is 16.1 Å². The number of carboxylic acid groups (broad SMARTS) is 1. The third-order valence-electron chi connectivity index (χ3n) is 3.00. The molecule has 0 saturated carbocycles. The van der Waals surface area contributed by atoms with Crippen LogP contribution in [-0.4, -0.2) is 32.6 Å². The molecule has 0 spiro atoms. The number of hydrogen-bond acceptors (Lipinski definition) is 5. The molecule has 0 radical (unpaired) electrons. The average Bonchev–Trinajstić information content (AvgIpc) is 2.80. The van der Waals surface area contributed by atoms with Crippen LogP contribution in [0.1, 0.15) is 18.2 Å². The lowest BCUT2D eigenvalue weighted by atomic mass is 10.2. The topological polar surface area (TPSA) is 101 Å². The number of amides is 1. The molecule has 0 bridgehead atoms. The molecule has 0 aliphatic rings. The second-order valence-corrected chi connectivity index (χ2v) is 5.85. The number of aliphatic carboxylic acids is 1. The van der Waals surface area contributed by atoms with Crippen molar-refractivity contribution in [2.45, 2.75) is 32.9 Å². The summed E-state index contributed by atoms with van der Waals surface area (Å²) in [5.74, 6) is -1.63. The van der Waals surface area contributed by atoms with Crippen LogP contribution in [0.25, 0.3) is 10.2 Å². The molecule has 1 amide bonds. The van der Waals surface area contributed by atoms with Gasteiger partial charge in [0.15, 0.2) is 0 Å². The SMILES string of the molecule is CCC(NC(=O)Cn1cnc2sc(C)cc2c1=O)C(=O)O. The number of fused-ring (bicyclic) bond motifs is 1. The Morgan fingerprint density at radius 1 is 1.52 bits per heavy atom. The summed E-state index contributed by atoms with van der Waals surface area (Å²) in [4.78, 5) is 40.6. The Bertz CT molecular complexity index is 749. The highest BCUT2D eigenvalue weighted by Gasteiger charge is 2.18. The maximum absolute atomic E-state index is 12.2. The summed E-state index contributed by atoms with van der Waals surface area (Å²) in [5, 5.41) is 11.7. The van der Waals surface area contributed by atoms with Gasteiger partial charge in [-0.2, -0.15) is 0 Å². The Morgan fingerprint density at radius 3 is 2.86 bits per heavy atom. The largest absolute Gasteiger partial charge is 0.480 e. The van der Waals surface area contributed by atoms with E-state index in [9.17, 15) is 14.4 Å². The van der Waals surface area contributed by atoms with Gasteiger partial charge in [0.1, 0.15) is 17.4 Å². The predicted octanol–water partition coefficient (Wildman–Crippen LogP) is 0.746. The van der Waals surface area contributed by atoms with Crippen molar-refractivity contribution >= 4 is 33.4 Å². The number of rotatable bonds is 5. The fourth-order valence-electron chi connectivity index (χ4n) is 1.93. The molecule has 0 fully saturated rings. The molecule has 7 nitrogen and oxygen atoms in total. The number of aromatic nitrogens is 2. The van der Waals surface area contributed by atoms with Crippen molar-refractivity contribution in [2.75, 3.05) is 0 Å². The van der Waals surface area contributed by atoms with Gasteiger partial charge in [-0.15, -0.1) is 11.3 Å². The summed E-state index contributed by atoms with van der Waals surface area (Å²) in [6.07, 6.45) is 1.58. The van der Waals surface area contributed by atoms with Gasteiger partial charge in [-0.1, -0.05) is 6.92 Å². The third-order valence-corrected chi connectivity index (χ3v) is 3.96. The van der Waals surface area contributed by atoms with Gasteiger partial charge in [-0.05, 0) is 19.4 Å². The molecule has 0 aromatic carbocycles. The molecular weight excluding hydrogens is 294 g/mol. The molecule has 2 aromatic heterocycles. The van der Waals surface area contributed by atoms with Crippen LogP contribution in [0.4, 0.5) is 0 Å². The summed E-state index contributed by atoms with van der Waals surface area (Å²) < 4.78 is 1.18. The zero-order valence-electron chi connectivity index (χ0n) is 11.6. The van der Waals surface area contributed by atoms with Crippen molar-refractivity contribution in [1.82, 2.24) is 14.9 Å². The summed E-state index contributed by atoms with van der Waals surface area (Å²) >= 11 is 1.41. The number of aryl methyl sites for hydroxylation is 1. The zero-order valence-corrected chi connectivity index (χ0v) is 12.4. The van der Waals surface area contributed by atoms with Crippen LogP contribution in [0.5, 0.6) is 0 Å². The maximum atomic E-state index is 12.2. The first-order chi connectivity index (χ1) is 9.92. The normalized spacial score (nSPS) is 12.3. The highest BCUT2D eigenvalue weighted by Crippen LogP contribution is 2.19. The van der Waals surface area contributed by atoms with E-state index >= 15 is 0 Å². The Labute approximate surface area is 124 Å².